The molecule has 3 unspecified atom stereocenters. The Bertz CT molecular complexity index is 427. The third kappa shape index (κ3) is 3.35. The van der Waals surface area contributed by atoms with E-state index in [0.29, 0.717) is 0 Å². The van der Waals surface area contributed by atoms with Gasteiger partial charge in [0.25, 0.3) is 0 Å². The van der Waals surface area contributed by atoms with Gasteiger partial charge < -0.3 is 11.1 Å². The van der Waals surface area contributed by atoms with E-state index in [9.17, 15) is 4.79 Å². The average Bonchev–Trinajstić information content (AvgIpc) is 2.85. The zero-order chi connectivity index (χ0) is 13.8. The van der Waals surface area contributed by atoms with Gasteiger partial charge in [0.05, 0.1) is 12.0 Å². The van der Waals surface area contributed by atoms with Crippen LogP contribution in [0.5, 0.6) is 0 Å². The highest BCUT2D eigenvalue weighted by Crippen LogP contribution is 2.25. The van der Waals surface area contributed by atoms with Crippen LogP contribution in [0.1, 0.15) is 50.3 Å². The summed E-state index contributed by atoms with van der Waals surface area (Å²) >= 11 is 0. The van der Waals surface area contributed by atoms with Gasteiger partial charge in [0.2, 0.25) is 5.91 Å². The van der Waals surface area contributed by atoms with Crippen molar-refractivity contribution in [1.82, 2.24) is 5.32 Å². The second-order valence-corrected chi connectivity index (χ2v) is 5.53. The molecule has 0 spiro atoms. The Morgan fingerprint density at radius 3 is 2.58 bits per heavy atom. The van der Waals surface area contributed by atoms with E-state index in [1.54, 1.807) is 0 Å². The third-order valence-electron chi connectivity index (χ3n) is 4.15. The van der Waals surface area contributed by atoms with E-state index in [4.69, 9.17) is 5.73 Å². The first-order chi connectivity index (χ1) is 9.11. The molecule has 1 saturated carbocycles. The number of rotatable bonds is 4. The second-order valence-electron chi connectivity index (χ2n) is 5.53. The molecule has 0 radical (unpaired) electrons. The molecule has 1 aliphatic carbocycles. The Balaban J connectivity index is 1.95. The lowest BCUT2D eigenvalue weighted by atomic mass is 10.0. The summed E-state index contributed by atoms with van der Waals surface area (Å²) in [4.78, 5) is 12.2. The molecule has 3 atom stereocenters. The molecule has 1 fully saturated rings. The van der Waals surface area contributed by atoms with Crippen molar-refractivity contribution in [2.24, 2.45) is 11.7 Å². The van der Waals surface area contributed by atoms with Crippen LogP contribution in [0.2, 0.25) is 0 Å². The zero-order valence-electron chi connectivity index (χ0n) is 11.9. The van der Waals surface area contributed by atoms with Crippen molar-refractivity contribution in [3.63, 3.8) is 0 Å². The van der Waals surface area contributed by atoms with E-state index >= 15 is 0 Å². The fourth-order valence-electron chi connectivity index (χ4n) is 2.76. The van der Waals surface area contributed by atoms with Crippen LogP contribution >= 0.6 is 0 Å². The summed E-state index contributed by atoms with van der Waals surface area (Å²) in [5.41, 5.74) is 8.44. The van der Waals surface area contributed by atoms with Crippen LogP contribution in [0.4, 0.5) is 0 Å². The van der Waals surface area contributed by atoms with Crippen molar-refractivity contribution >= 4 is 5.91 Å². The predicted octanol–water partition coefficient (Wildman–Crippen LogP) is 2.55. The number of carbonyl (C=O) groups is 1. The summed E-state index contributed by atoms with van der Waals surface area (Å²) in [5.74, 6) is 0.106. The molecule has 19 heavy (non-hydrogen) atoms. The molecule has 0 heterocycles. The van der Waals surface area contributed by atoms with Crippen molar-refractivity contribution < 1.29 is 4.79 Å². The molecule has 3 N–H and O–H groups in total. The molecular formula is C16H24N2O. The highest BCUT2D eigenvalue weighted by molar-refractivity contribution is 5.80. The summed E-state index contributed by atoms with van der Waals surface area (Å²) < 4.78 is 0. The molecule has 1 aromatic rings. The van der Waals surface area contributed by atoms with E-state index in [1.807, 2.05) is 6.92 Å². The van der Waals surface area contributed by atoms with E-state index in [0.717, 1.165) is 31.2 Å². The van der Waals surface area contributed by atoms with Crippen molar-refractivity contribution in [1.29, 1.82) is 0 Å². The maximum Gasteiger partial charge on any atom is 0.225 e. The lowest BCUT2D eigenvalue weighted by molar-refractivity contribution is -0.125. The molecule has 3 nitrogen and oxygen atoms in total. The Morgan fingerprint density at radius 2 is 2.05 bits per heavy atom. The van der Waals surface area contributed by atoms with Gasteiger partial charge in [0.1, 0.15) is 0 Å². The number of amides is 1. The smallest absolute Gasteiger partial charge is 0.225 e. The molecule has 0 saturated heterocycles. The van der Waals surface area contributed by atoms with Gasteiger partial charge >= 0.3 is 0 Å². The SMILES string of the molecule is CCc1ccc(C(C)NC(=O)C2CCCC2N)cc1. The van der Waals surface area contributed by atoms with Crippen LogP contribution < -0.4 is 11.1 Å². The fourth-order valence-corrected chi connectivity index (χ4v) is 2.76. The van der Waals surface area contributed by atoms with Gasteiger partial charge in [-0.25, -0.2) is 0 Å². The van der Waals surface area contributed by atoms with Crippen molar-refractivity contribution in [3.8, 4) is 0 Å². The quantitative estimate of drug-likeness (QED) is 0.874. The van der Waals surface area contributed by atoms with Crippen LogP contribution in [-0.2, 0) is 11.2 Å². The second kappa shape index (κ2) is 6.20. The summed E-state index contributed by atoms with van der Waals surface area (Å²) in [6, 6.07) is 8.52. The normalized spacial score (nSPS) is 24.2. The van der Waals surface area contributed by atoms with E-state index < -0.39 is 0 Å². The molecule has 0 bridgehead atoms. The van der Waals surface area contributed by atoms with Gasteiger partial charge in [-0.3, -0.25) is 4.79 Å². The van der Waals surface area contributed by atoms with Gasteiger partial charge in [-0.05, 0) is 37.3 Å². The number of carbonyl (C=O) groups excluding carboxylic acids is 1. The molecule has 0 aromatic heterocycles. The third-order valence-corrected chi connectivity index (χ3v) is 4.15. The number of nitrogens with one attached hydrogen (secondary N) is 1. The first kappa shape index (κ1) is 14.1. The van der Waals surface area contributed by atoms with Gasteiger partial charge in [0, 0.05) is 6.04 Å². The molecule has 2 rings (SSSR count). The monoisotopic (exact) mass is 260 g/mol. The highest BCUT2D eigenvalue weighted by atomic mass is 16.2. The Kier molecular flexibility index (Phi) is 4.59. The highest BCUT2D eigenvalue weighted by Gasteiger charge is 2.30. The summed E-state index contributed by atoms with van der Waals surface area (Å²) in [6.07, 6.45) is 4.00. The standard InChI is InChI=1S/C16H24N2O/c1-3-12-7-9-13(10-8-12)11(2)18-16(19)14-5-4-6-15(14)17/h7-11,14-15H,3-6,17H2,1-2H3,(H,18,19). The number of aryl methyl sites for hydroxylation is 1. The molecule has 0 aliphatic heterocycles. The first-order valence-corrected chi connectivity index (χ1v) is 7.26. The van der Waals surface area contributed by atoms with Gasteiger partial charge in [-0.2, -0.15) is 0 Å². The van der Waals surface area contributed by atoms with E-state index in [-0.39, 0.29) is 23.9 Å². The Labute approximate surface area is 115 Å². The minimum Gasteiger partial charge on any atom is -0.349 e. The summed E-state index contributed by atoms with van der Waals surface area (Å²) in [6.45, 7) is 4.17. The number of nitrogens with two attached hydrogens (primary N) is 1. The molecule has 3 heteroatoms. The fraction of sp³-hybridized carbons (Fsp3) is 0.562. The first-order valence-electron chi connectivity index (χ1n) is 7.26. The summed E-state index contributed by atoms with van der Waals surface area (Å²) in [5, 5.41) is 3.09. The zero-order valence-corrected chi connectivity index (χ0v) is 11.9. The maximum atomic E-state index is 12.2. The summed E-state index contributed by atoms with van der Waals surface area (Å²) in [7, 11) is 0. The van der Waals surface area contributed by atoms with Crippen molar-refractivity contribution in [2.75, 3.05) is 0 Å². The Morgan fingerprint density at radius 1 is 1.37 bits per heavy atom. The largest absolute Gasteiger partial charge is 0.349 e. The number of hydrogen-bond donors (Lipinski definition) is 2. The van der Waals surface area contributed by atoms with Crippen LogP contribution in [0, 0.1) is 5.92 Å². The molecular weight excluding hydrogens is 236 g/mol. The topological polar surface area (TPSA) is 55.1 Å². The number of benzene rings is 1. The van der Waals surface area contributed by atoms with Crippen molar-refractivity contribution in [2.45, 2.75) is 51.6 Å². The van der Waals surface area contributed by atoms with E-state index in [2.05, 4.69) is 36.5 Å². The minimum atomic E-state index is -0.00244. The Hall–Kier alpha value is -1.35. The lowest BCUT2D eigenvalue weighted by Crippen LogP contribution is -2.39. The van der Waals surface area contributed by atoms with Crippen LogP contribution in [0.25, 0.3) is 0 Å². The van der Waals surface area contributed by atoms with Gasteiger partial charge in [0.15, 0.2) is 0 Å². The van der Waals surface area contributed by atoms with Crippen LogP contribution in [0.3, 0.4) is 0 Å². The average molecular weight is 260 g/mol. The lowest BCUT2D eigenvalue weighted by Gasteiger charge is -2.20. The van der Waals surface area contributed by atoms with Crippen LogP contribution in [-0.4, -0.2) is 11.9 Å². The van der Waals surface area contributed by atoms with Crippen molar-refractivity contribution in [3.05, 3.63) is 35.4 Å². The molecule has 104 valence electrons. The molecule has 1 amide bonds. The van der Waals surface area contributed by atoms with E-state index in [1.165, 1.54) is 5.56 Å². The minimum absolute atomic E-state index is 0.00244. The molecule has 1 aliphatic rings. The predicted molar refractivity (Wildman–Crippen MR) is 77.7 cm³/mol. The number of hydrogen-bond acceptors (Lipinski definition) is 2. The molecule has 1 aromatic carbocycles. The van der Waals surface area contributed by atoms with Crippen LogP contribution in [0.15, 0.2) is 24.3 Å². The maximum absolute atomic E-state index is 12.2. The van der Waals surface area contributed by atoms with Gasteiger partial charge in [-0.15, -0.1) is 0 Å². The van der Waals surface area contributed by atoms with Gasteiger partial charge in [-0.1, -0.05) is 37.6 Å².